The van der Waals surface area contributed by atoms with Crippen molar-refractivity contribution in [3.63, 3.8) is 0 Å². The molecule has 1 nitrogen and oxygen atoms in total. The topological polar surface area (TPSA) is 17.1 Å². The van der Waals surface area contributed by atoms with Crippen molar-refractivity contribution in [2.24, 2.45) is 0 Å². The molecule has 1 heterocycles. The summed E-state index contributed by atoms with van der Waals surface area (Å²) in [6, 6.07) is 6.18. The van der Waals surface area contributed by atoms with Gasteiger partial charge < -0.3 is 0 Å². The number of hydrogen-bond donors (Lipinski definition) is 0. The average molecular weight is 248 g/mol. The van der Waals surface area contributed by atoms with E-state index < -0.39 is 0 Å². The zero-order valence-corrected chi connectivity index (χ0v) is 10.8. The molecule has 17 heavy (non-hydrogen) atoms. The first-order valence-corrected chi connectivity index (χ1v) is 6.18. The molecule has 0 aliphatic carbocycles. The number of ketones is 1. The largest absolute Gasteiger partial charge is 0.288 e. The molecule has 0 fully saturated rings. The van der Waals surface area contributed by atoms with Crippen LogP contribution in [0.15, 0.2) is 24.3 Å². The third-order valence-electron chi connectivity index (χ3n) is 2.83. The highest BCUT2D eigenvalue weighted by molar-refractivity contribution is 7.14. The zero-order chi connectivity index (χ0) is 12.6. The summed E-state index contributed by atoms with van der Waals surface area (Å²) in [5.74, 6) is -0.466. The summed E-state index contributed by atoms with van der Waals surface area (Å²) >= 11 is 1.46. The highest BCUT2D eigenvalue weighted by atomic mass is 32.1. The van der Waals surface area contributed by atoms with Crippen molar-refractivity contribution in [3.05, 3.63) is 56.5 Å². The molecule has 2 rings (SSSR count). The predicted octanol–water partition coefficient (Wildman–Crippen LogP) is 4.04. The highest BCUT2D eigenvalue weighted by Crippen LogP contribution is 2.24. The Labute approximate surface area is 104 Å². The van der Waals surface area contributed by atoms with E-state index in [1.54, 1.807) is 6.07 Å². The minimum absolute atomic E-state index is 0.0943. The van der Waals surface area contributed by atoms with Crippen LogP contribution in [0.4, 0.5) is 4.39 Å². The van der Waals surface area contributed by atoms with Gasteiger partial charge in [0.15, 0.2) is 0 Å². The number of halogens is 1. The van der Waals surface area contributed by atoms with E-state index in [9.17, 15) is 9.18 Å². The first kappa shape index (κ1) is 12.0. The molecule has 0 spiro atoms. The van der Waals surface area contributed by atoms with E-state index in [-0.39, 0.29) is 11.6 Å². The van der Waals surface area contributed by atoms with Crippen molar-refractivity contribution in [3.8, 4) is 0 Å². The van der Waals surface area contributed by atoms with Crippen LogP contribution in [-0.4, -0.2) is 5.78 Å². The monoisotopic (exact) mass is 248 g/mol. The Balaban J connectivity index is 2.47. The smallest absolute Gasteiger partial charge is 0.203 e. The second-order valence-electron chi connectivity index (χ2n) is 4.14. The van der Waals surface area contributed by atoms with E-state index in [0.29, 0.717) is 10.4 Å². The Kier molecular flexibility index (Phi) is 3.11. The maximum atomic E-state index is 13.2. The van der Waals surface area contributed by atoms with E-state index in [4.69, 9.17) is 0 Å². The van der Waals surface area contributed by atoms with Crippen LogP contribution in [-0.2, 0) is 0 Å². The summed E-state index contributed by atoms with van der Waals surface area (Å²) in [4.78, 5) is 14.0. The number of hydrogen-bond acceptors (Lipinski definition) is 2. The number of aryl methyl sites for hydroxylation is 3. The molecule has 0 saturated carbocycles. The summed E-state index contributed by atoms with van der Waals surface area (Å²) in [5.41, 5.74) is 2.36. The quantitative estimate of drug-likeness (QED) is 0.733. The second-order valence-corrected chi connectivity index (χ2v) is 5.39. The van der Waals surface area contributed by atoms with Crippen LogP contribution in [0.25, 0.3) is 0 Å². The van der Waals surface area contributed by atoms with Crippen LogP contribution < -0.4 is 0 Å². The first-order valence-electron chi connectivity index (χ1n) is 5.37. The van der Waals surface area contributed by atoms with Crippen LogP contribution in [0.1, 0.15) is 31.2 Å². The Morgan fingerprint density at radius 3 is 2.41 bits per heavy atom. The number of carbonyl (C=O) groups excluding carboxylic acids is 1. The number of benzene rings is 1. The molecule has 0 saturated heterocycles. The average Bonchev–Trinajstić information content (AvgIpc) is 2.62. The minimum Gasteiger partial charge on any atom is -0.288 e. The first-order chi connectivity index (χ1) is 7.99. The fourth-order valence-electron chi connectivity index (χ4n) is 1.66. The van der Waals surface area contributed by atoms with Gasteiger partial charge in [-0.15, -0.1) is 11.3 Å². The molecule has 0 bridgehead atoms. The molecule has 0 radical (unpaired) electrons. The van der Waals surface area contributed by atoms with Crippen LogP contribution in [0, 0.1) is 26.6 Å². The Morgan fingerprint density at radius 1 is 1.12 bits per heavy atom. The Bertz CT molecular complexity index is 564. The molecule has 0 aliphatic heterocycles. The molecule has 88 valence electrons. The molecule has 0 atom stereocenters. The zero-order valence-electron chi connectivity index (χ0n) is 10.0. The molecule has 0 aliphatic rings. The van der Waals surface area contributed by atoms with Gasteiger partial charge in [0.1, 0.15) is 5.82 Å². The van der Waals surface area contributed by atoms with Crippen molar-refractivity contribution < 1.29 is 9.18 Å². The van der Waals surface area contributed by atoms with Crippen LogP contribution in [0.5, 0.6) is 0 Å². The Hall–Kier alpha value is -1.48. The number of rotatable bonds is 2. The van der Waals surface area contributed by atoms with E-state index in [2.05, 4.69) is 0 Å². The van der Waals surface area contributed by atoms with Gasteiger partial charge in [0.05, 0.1) is 4.88 Å². The lowest BCUT2D eigenvalue weighted by molar-refractivity contribution is 0.104. The third kappa shape index (κ3) is 2.29. The maximum absolute atomic E-state index is 13.2. The fourth-order valence-corrected chi connectivity index (χ4v) is 2.64. The third-order valence-corrected chi connectivity index (χ3v) is 3.99. The summed E-state index contributed by atoms with van der Waals surface area (Å²) < 4.78 is 13.2. The van der Waals surface area contributed by atoms with E-state index in [1.807, 2.05) is 26.8 Å². The fraction of sp³-hybridized carbons (Fsp3) is 0.214. The van der Waals surface area contributed by atoms with Crippen molar-refractivity contribution in [1.29, 1.82) is 0 Å². The normalized spacial score (nSPS) is 10.6. The molecule has 2 aromatic rings. The molecular formula is C14H13FOS. The van der Waals surface area contributed by atoms with Crippen LogP contribution in [0.3, 0.4) is 0 Å². The summed E-state index contributed by atoms with van der Waals surface area (Å²) in [6.45, 7) is 5.77. The molecule has 0 N–H and O–H groups in total. The highest BCUT2D eigenvalue weighted by Gasteiger charge is 2.15. The van der Waals surface area contributed by atoms with Gasteiger partial charge in [-0.05, 0) is 50.1 Å². The van der Waals surface area contributed by atoms with E-state index >= 15 is 0 Å². The van der Waals surface area contributed by atoms with Gasteiger partial charge in [-0.3, -0.25) is 4.79 Å². The summed E-state index contributed by atoms with van der Waals surface area (Å²) in [7, 11) is 0. The standard InChI is InChI=1S/C14H13FOS/c1-8-4-5-11(15)7-12(8)14(16)13-6-9(2)10(3)17-13/h4-7H,1-3H3. The van der Waals surface area contributed by atoms with Gasteiger partial charge in [-0.2, -0.15) is 0 Å². The maximum Gasteiger partial charge on any atom is 0.203 e. The van der Waals surface area contributed by atoms with Crippen molar-refractivity contribution >= 4 is 17.1 Å². The van der Waals surface area contributed by atoms with Crippen molar-refractivity contribution in [2.45, 2.75) is 20.8 Å². The van der Waals surface area contributed by atoms with Crippen LogP contribution >= 0.6 is 11.3 Å². The van der Waals surface area contributed by atoms with Crippen molar-refractivity contribution in [1.82, 2.24) is 0 Å². The minimum atomic E-state index is -0.371. The number of carbonyl (C=O) groups is 1. The van der Waals surface area contributed by atoms with Crippen molar-refractivity contribution in [2.75, 3.05) is 0 Å². The molecule has 3 heteroatoms. The lowest BCUT2D eigenvalue weighted by atomic mass is 10.0. The van der Waals surface area contributed by atoms with Crippen LogP contribution in [0.2, 0.25) is 0 Å². The lowest BCUT2D eigenvalue weighted by Crippen LogP contribution is -2.02. The Morgan fingerprint density at radius 2 is 1.82 bits per heavy atom. The predicted molar refractivity (Wildman–Crippen MR) is 68.4 cm³/mol. The molecule has 1 aromatic heterocycles. The van der Waals surface area contributed by atoms with Gasteiger partial charge in [0, 0.05) is 10.4 Å². The van der Waals surface area contributed by atoms with E-state index in [0.717, 1.165) is 16.0 Å². The van der Waals surface area contributed by atoms with Gasteiger partial charge in [-0.25, -0.2) is 4.39 Å². The summed E-state index contributed by atoms with van der Waals surface area (Å²) in [5, 5.41) is 0. The molecule has 1 aromatic carbocycles. The van der Waals surface area contributed by atoms with E-state index in [1.165, 1.54) is 23.5 Å². The van der Waals surface area contributed by atoms with Gasteiger partial charge in [0.2, 0.25) is 5.78 Å². The number of thiophene rings is 1. The molecule has 0 unspecified atom stereocenters. The SMILES string of the molecule is Cc1ccc(F)cc1C(=O)c1cc(C)c(C)s1. The van der Waals surface area contributed by atoms with Gasteiger partial charge >= 0.3 is 0 Å². The lowest BCUT2D eigenvalue weighted by Gasteiger charge is -2.02. The molecular weight excluding hydrogens is 235 g/mol. The molecule has 0 amide bonds. The summed E-state index contributed by atoms with van der Waals surface area (Å²) in [6.07, 6.45) is 0. The van der Waals surface area contributed by atoms with Gasteiger partial charge in [0.25, 0.3) is 0 Å². The second kappa shape index (κ2) is 4.41. The van der Waals surface area contributed by atoms with Gasteiger partial charge in [-0.1, -0.05) is 6.07 Å².